The average molecular weight is 260 g/mol. The first-order valence-electron chi connectivity index (χ1n) is 5.71. The van der Waals surface area contributed by atoms with Gasteiger partial charge in [-0.15, -0.1) is 0 Å². The van der Waals surface area contributed by atoms with Gasteiger partial charge >= 0.3 is 0 Å². The molecule has 0 unspecified atom stereocenters. The lowest BCUT2D eigenvalue weighted by Gasteiger charge is -2.18. The highest BCUT2D eigenvalue weighted by atomic mass is 16.4. The molecule has 19 heavy (non-hydrogen) atoms. The van der Waals surface area contributed by atoms with Gasteiger partial charge in [-0.05, 0) is 12.1 Å². The van der Waals surface area contributed by atoms with Crippen LogP contribution in [0, 0.1) is 0 Å². The van der Waals surface area contributed by atoms with Gasteiger partial charge in [0.15, 0.2) is 12.5 Å². The molecule has 1 aliphatic heterocycles. The van der Waals surface area contributed by atoms with Crippen molar-refractivity contribution in [3.8, 4) is 0 Å². The van der Waals surface area contributed by atoms with E-state index >= 15 is 0 Å². The second-order valence-electron chi connectivity index (χ2n) is 4.01. The second-order valence-corrected chi connectivity index (χ2v) is 4.01. The predicted molar refractivity (Wildman–Crippen MR) is 65.9 cm³/mol. The lowest BCUT2D eigenvalue weighted by atomic mass is 10.4. The van der Waals surface area contributed by atoms with Crippen molar-refractivity contribution < 1.29 is 10.2 Å². The third-order valence-electron chi connectivity index (χ3n) is 2.83. The standard InChI is InChI=1S/C11H12N6O2/c18-8-9(19)17(11-14-5-2-6-15-11)7-16(8)10-12-3-1-4-13-10/h1-6,8-9,18-19H,7H2/t8-,9-/m1/s1. The smallest absolute Gasteiger partial charge is 0.228 e. The summed E-state index contributed by atoms with van der Waals surface area (Å²) in [5.41, 5.74) is 0. The Morgan fingerprint density at radius 2 is 1.16 bits per heavy atom. The van der Waals surface area contributed by atoms with Crippen LogP contribution in [0.25, 0.3) is 0 Å². The number of nitrogens with zero attached hydrogens (tertiary/aromatic N) is 6. The highest BCUT2D eigenvalue weighted by Crippen LogP contribution is 2.24. The molecule has 3 rings (SSSR count). The summed E-state index contributed by atoms with van der Waals surface area (Å²) in [6.07, 6.45) is 4.02. The Morgan fingerprint density at radius 1 is 0.789 bits per heavy atom. The number of hydrogen-bond donors (Lipinski definition) is 2. The van der Waals surface area contributed by atoms with Crippen molar-refractivity contribution in [3.05, 3.63) is 36.9 Å². The fraction of sp³-hybridized carbons (Fsp3) is 0.273. The molecule has 0 aromatic carbocycles. The lowest BCUT2D eigenvalue weighted by Crippen LogP contribution is -2.37. The zero-order chi connectivity index (χ0) is 13.2. The van der Waals surface area contributed by atoms with Crippen LogP contribution in [0.4, 0.5) is 11.9 Å². The summed E-state index contributed by atoms with van der Waals surface area (Å²) >= 11 is 0. The van der Waals surface area contributed by atoms with E-state index in [0.717, 1.165) is 0 Å². The summed E-state index contributed by atoms with van der Waals surface area (Å²) in [6.45, 7) is 0.205. The van der Waals surface area contributed by atoms with Crippen LogP contribution in [0.1, 0.15) is 0 Å². The van der Waals surface area contributed by atoms with E-state index in [2.05, 4.69) is 19.9 Å². The molecule has 0 spiro atoms. The zero-order valence-corrected chi connectivity index (χ0v) is 9.90. The fourth-order valence-corrected chi connectivity index (χ4v) is 1.90. The first-order chi connectivity index (χ1) is 9.27. The van der Waals surface area contributed by atoms with Gasteiger partial charge in [-0.3, -0.25) is 9.80 Å². The van der Waals surface area contributed by atoms with Crippen molar-refractivity contribution in [2.45, 2.75) is 12.5 Å². The third kappa shape index (κ3) is 2.07. The SMILES string of the molecule is O[C@@H]1[C@@H](O)N(c2ncccn2)CN1c1ncccn1. The predicted octanol–water partition coefficient (Wildman–Crippen LogP) is -0.813. The summed E-state index contributed by atoms with van der Waals surface area (Å²) in [4.78, 5) is 19.1. The lowest BCUT2D eigenvalue weighted by molar-refractivity contribution is 0.0448. The van der Waals surface area contributed by atoms with Crippen LogP contribution in [0.5, 0.6) is 0 Å². The maximum absolute atomic E-state index is 10.0. The van der Waals surface area contributed by atoms with Crippen molar-refractivity contribution in [1.82, 2.24) is 19.9 Å². The number of anilines is 2. The number of aromatic nitrogens is 4. The van der Waals surface area contributed by atoms with Crippen molar-refractivity contribution >= 4 is 11.9 Å². The summed E-state index contributed by atoms with van der Waals surface area (Å²) in [5, 5.41) is 20.1. The van der Waals surface area contributed by atoms with Gasteiger partial charge < -0.3 is 10.2 Å². The van der Waals surface area contributed by atoms with Crippen LogP contribution in [0.15, 0.2) is 36.9 Å². The molecule has 3 heterocycles. The van der Waals surface area contributed by atoms with Crippen LogP contribution >= 0.6 is 0 Å². The van der Waals surface area contributed by atoms with Crippen molar-refractivity contribution in [2.24, 2.45) is 0 Å². The molecule has 1 aliphatic rings. The van der Waals surface area contributed by atoms with Gasteiger partial charge in [0.25, 0.3) is 0 Å². The molecule has 2 atom stereocenters. The van der Waals surface area contributed by atoms with Gasteiger partial charge in [0.1, 0.15) is 6.67 Å². The van der Waals surface area contributed by atoms with Crippen LogP contribution < -0.4 is 9.80 Å². The number of hydrogen-bond acceptors (Lipinski definition) is 8. The molecule has 0 saturated carbocycles. The minimum Gasteiger partial charge on any atom is -0.369 e. The summed E-state index contributed by atoms with van der Waals surface area (Å²) in [6, 6.07) is 3.36. The Morgan fingerprint density at radius 3 is 1.53 bits per heavy atom. The normalized spacial score (nSPS) is 22.8. The van der Waals surface area contributed by atoms with Crippen molar-refractivity contribution in [3.63, 3.8) is 0 Å². The Balaban J connectivity index is 1.88. The van der Waals surface area contributed by atoms with E-state index in [0.29, 0.717) is 11.9 Å². The highest BCUT2D eigenvalue weighted by Gasteiger charge is 2.40. The van der Waals surface area contributed by atoms with Crippen molar-refractivity contribution in [1.29, 1.82) is 0 Å². The van der Waals surface area contributed by atoms with E-state index in [1.807, 2.05) is 0 Å². The quantitative estimate of drug-likeness (QED) is 0.723. The van der Waals surface area contributed by atoms with E-state index in [4.69, 9.17) is 0 Å². The minimum absolute atomic E-state index is 0.205. The molecule has 2 N–H and O–H groups in total. The topological polar surface area (TPSA) is 98.5 Å². The number of rotatable bonds is 2. The molecular weight excluding hydrogens is 248 g/mol. The number of aliphatic hydroxyl groups excluding tert-OH is 2. The molecule has 0 aliphatic carbocycles. The molecule has 1 fully saturated rings. The molecule has 8 nitrogen and oxygen atoms in total. The Hall–Kier alpha value is -2.32. The molecule has 0 radical (unpaired) electrons. The van der Waals surface area contributed by atoms with Crippen molar-refractivity contribution in [2.75, 3.05) is 16.5 Å². The maximum atomic E-state index is 10.0. The molecule has 1 saturated heterocycles. The monoisotopic (exact) mass is 260 g/mol. The molecule has 0 bridgehead atoms. The van der Waals surface area contributed by atoms with E-state index in [9.17, 15) is 10.2 Å². The second kappa shape index (κ2) is 4.75. The van der Waals surface area contributed by atoms with Gasteiger partial charge in [-0.1, -0.05) is 0 Å². The Kier molecular flexibility index (Phi) is 2.94. The molecule has 8 heteroatoms. The Bertz CT molecular complexity index is 490. The average Bonchev–Trinajstić information content (AvgIpc) is 2.77. The third-order valence-corrected chi connectivity index (χ3v) is 2.83. The summed E-state index contributed by atoms with van der Waals surface area (Å²) in [7, 11) is 0. The Labute approximate surface area is 109 Å². The van der Waals surface area contributed by atoms with Gasteiger partial charge in [-0.25, -0.2) is 19.9 Å². The molecule has 2 aromatic rings. The van der Waals surface area contributed by atoms with E-state index in [1.165, 1.54) is 9.80 Å². The highest BCUT2D eigenvalue weighted by molar-refractivity contribution is 5.42. The van der Waals surface area contributed by atoms with Crippen LogP contribution in [-0.2, 0) is 0 Å². The first kappa shape index (κ1) is 11.8. The van der Waals surface area contributed by atoms with E-state index < -0.39 is 12.5 Å². The van der Waals surface area contributed by atoms with Gasteiger partial charge in [0, 0.05) is 24.8 Å². The summed E-state index contributed by atoms with van der Waals surface area (Å²) in [5.74, 6) is 0.681. The molecule has 98 valence electrons. The molecular formula is C11H12N6O2. The van der Waals surface area contributed by atoms with Crippen LogP contribution in [0.2, 0.25) is 0 Å². The van der Waals surface area contributed by atoms with Gasteiger partial charge in [0.05, 0.1) is 0 Å². The fourth-order valence-electron chi connectivity index (χ4n) is 1.90. The van der Waals surface area contributed by atoms with E-state index in [1.54, 1.807) is 36.9 Å². The maximum Gasteiger partial charge on any atom is 0.228 e. The van der Waals surface area contributed by atoms with Crippen LogP contribution in [-0.4, -0.2) is 49.3 Å². The first-order valence-corrected chi connectivity index (χ1v) is 5.71. The van der Waals surface area contributed by atoms with Gasteiger partial charge in [0.2, 0.25) is 11.9 Å². The van der Waals surface area contributed by atoms with Crippen LogP contribution in [0.3, 0.4) is 0 Å². The summed E-state index contributed by atoms with van der Waals surface area (Å²) < 4.78 is 0. The zero-order valence-electron chi connectivity index (χ0n) is 9.90. The minimum atomic E-state index is -1.13. The molecule has 0 amide bonds. The largest absolute Gasteiger partial charge is 0.369 e. The number of aliphatic hydroxyl groups is 2. The van der Waals surface area contributed by atoms with E-state index in [-0.39, 0.29) is 6.67 Å². The molecule has 2 aromatic heterocycles. The van der Waals surface area contributed by atoms with Gasteiger partial charge in [-0.2, -0.15) is 0 Å².